The molecule has 0 unspecified atom stereocenters. The van der Waals surface area contributed by atoms with Crippen molar-refractivity contribution in [2.75, 3.05) is 42.9 Å². The normalized spacial score (nSPS) is 18.4. The van der Waals surface area contributed by atoms with Crippen LogP contribution in [-0.4, -0.2) is 47.6 Å². The summed E-state index contributed by atoms with van der Waals surface area (Å²) in [5.74, 6) is 1.65. The molecule has 2 heterocycles. The largest absolute Gasteiger partial charge is 0.369 e. The van der Waals surface area contributed by atoms with Crippen LogP contribution < -0.4 is 10.2 Å². The van der Waals surface area contributed by atoms with Crippen LogP contribution >= 0.6 is 15.9 Å². The second-order valence-electron chi connectivity index (χ2n) is 6.98. The number of nitrogens with one attached hydrogen (secondary N) is 1. The monoisotopic (exact) mass is 401 g/mol. The van der Waals surface area contributed by atoms with Crippen LogP contribution in [0.4, 0.5) is 11.6 Å². The second-order valence-corrected chi connectivity index (χ2v) is 7.89. The van der Waals surface area contributed by atoms with Crippen molar-refractivity contribution in [1.82, 2.24) is 14.9 Å². The van der Waals surface area contributed by atoms with Crippen molar-refractivity contribution >= 4 is 27.6 Å². The highest BCUT2D eigenvalue weighted by atomic mass is 79.9. The first-order valence-corrected chi connectivity index (χ1v) is 9.83. The summed E-state index contributed by atoms with van der Waals surface area (Å²) in [6, 6.07) is 8.85. The zero-order chi connectivity index (χ0) is 17.1. The van der Waals surface area contributed by atoms with Gasteiger partial charge in [-0.05, 0) is 52.4 Å². The van der Waals surface area contributed by atoms with Crippen LogP contribution in [0, 0.1) is 5.92 Å². The van der Waals surface area contributed by atoms with Gasteiger partial charge in [-0.15, -0.1) is 0 Å². The molecule has 132 valence electrons. The Morgan fingerprint density at radius 3 is 2.32 bits per heavy atom. The predicted octanol–water partition coefficient (Wildman–Crippen LogP) is 3.38. The third-order valence-electron chi connectivity index (χ3n) is 4.96. The summed E-state index contributed by atoms with van der Waals surface area (Å²) in [5.41, 5.74) is 2.57. The fraction of sp³-hybridized carbons (Fsp3) is 0.474. The molecule has 1 aliphatic heterocycles. The van der Waals surface area contributed by atoms with Gasteiger partial charge in [-0.3, -0.25) is 4.90 Å². The minimum Gasteiger partial charge on any atom is -0.369 e. The van der Waals surface area contributed by atoms with Crippen LogP contribution in [0.5, 0.6) is 0 Å². The van der Waals surface area contributed by atoms with Crippen molar-refractivity contribution < 1.29 is 0 Å². The van der Waals surface area contributed by atoms with Crippen LogP contribution in [-0.2, 0) is 6.54 Å². The molecule has 0 atom stereocenters. The average molecular weight is 402 g/mol. The van der Waals surface area contributed by atoms with Gasteiger partial charge in [-0.1, -0.05) is 12.1 Å². The van der Waals surface area contributed by atoms with Gasteiger partial charge in [0.2, 0.25) is 5.95 Å². The molecule has 1 aliphatic carbocycles. The Balaban J connectivity index is 1.27. The third kappa shape index (κ3) is 4.70. The zero-order valence-corrected chi connectivity index (χ0v) is 16.0. The summed E-state index contributed by atoms with van der Waals surface area (Å²) < 4.78 is 0.889. The van der Waals surface area contributed by atoms with E-state index in [2.05, 4.69) is 65.3 Å². The second kappa shape index (κ2) is 7.70. The molecule has 0 amide bonds. The Bertz CT molecular complexity index is 676. The van der Waals surface area contributed by atoms with Gasteiger partial charge in [-0.25, -0.2) is 9.97 Å². The fourth-order valence-electron chi connectivity index (χ4n) is 3.26. The molecule has 1 N–H and O–H groups in total. The molecule has 6 heteroatoms. The van der Waals surface area contributed by atoms with E-state index in [1.807, 2.05) is 0 Å². The van der Waals surface area contributed by atoms with Crippen molar-refractivity contribution in [2.24, 2.45) is 5.92 Å². The smallest absolute Gasteiger partial charge is 0.222 e. The molecule has 1 aromatic carbocycles. The van der Waals surface area contributed by atoms with E-state index in [1.54, 1.807) is 12.4 Å². The first-order chi connectivity index (χ1) is 12.3. The topological polar surface area (TPSA) is 44.3 Å². The Labute approximate surface area is 157 Å². The predicted molar refractivity (Wildman–Crippen MR) is 105 cm³/mol. The summed E-state index contributed by atoms with van der Waals surface area (Å²) in [5, 5.41) is 3.25. The van der Waals surface area contributed by atoms with E-state index in [0.29, 0.717) is 5.95 Å². The molecule has 1 saturated carbocycles. The summed E-state index contributed by atoms with van der Waals surface area (Å²) in [6.07, 6.45) is 6.39. The lowest BCUT2D eigenvalue weighted by atomic mass is 10.1. The van der Waals surface area contributed by atoms with Crippen LogP contribution in [0.3, 0.4) is 0 Å². The van der Waals surface area contributed by atoms with Crippen molar-refractivity contribution in [1.29, 1.82) is 0 Å². The first kappa shape index (κ1) is 16.8. The van der Waals surface area contributed by atoms with Crippen molar-refractivity contribution in [3.63, 3.8) is 0 Å². The van der Waals surface area contributed by atoms with Gasteiger partial charge in [0.25, 0.3) is 0 Å². The van der Waals surface area contributed by atoms with Crippen molar-refractivity contribution in [2.45, 2.75) is 19.4 Å². The van der Waals surface area contributed by atoms with E-state index in [9.17, 15) is 0 Å². The van der Waals surface area contributed by atoms with E-state index in [4.69, 9.17) is 0 Å². The standard InChI is InChI=1S/C19H24BrN5/c20-17-12-22-19(23-13-17)21-11-15-3-5-18(6-4-15)25-9-7-24(8-10-25)14-16-1-2-16/h3-6,12-13,16H,1-2,7-11,14H2,(H,21,22,23). The maximum atomic E-state index is 4.23. The Kier molecular flexibility index (Phi) is 5.17. The lowest BCUT2D eigenvalue weighted by Gasteiger charge is -2.36. The van der Waals surface area contributed by atoms with Crippen LogP contribution in [0.15, 0.2) is 41.1 Å². The molecule has 2 aromatic rings. The molecule has 2 fully saturated rings. The van der Waals surface area contributed by atoms with Gasteiger partial charge in [-0.2, -0.15) is 0 Å². The number of hydrogen-bond acceptors (Lipinski definition) is 5. The van der Waals surface area contributed by atoms with Crippen LogP contribution in [0.25, 0.3) is 0 Å². The molecule has 5 nitrogen and oxygen atoms in total. The zero-order valence-electron chi connectivity index (χ0n) is 14.4. The minimum atomic E-state index is 0.652. The molecule has 25 heavy (non-hydrogen) atoms. The van der Waals surface area contributed by atoms with Gasteiger partial charge in [0.15, 0.2) is 0 Å². The fourth-order valence-corrected chi connectivity index (χ4v) is 3.47. The van der Waals surface area contributed by atoms with E-state index in [1.165, 1.54) is 43.7 Å². The number of anilines is 2. The maximum absolute atomic E-state index is 4.23. The van der Waals surface area contributed by atoms with Gasteiger partial charge in [0, 0.05) is 57.3 Å². The maximum Gasteiger partial charge on any atom is 0.222 e. The van der Waals surface area contributed by atoms with Crippen LogP contribution in [0.2, 0.25) is 0 Å². The summed E-state index contributed by atoms with van der Waals surface area (Å²) >= 11 is 3.35. The highest BCUT2D eigenvalue weighted by molar-refractivity contribution is 9.10. The SMILES string of the molecule is Brc1cnc(NCc2ccc(N3CCN(CC4CC4)CC3)cc2)nc1. The Morgan fingerprint density at radius 2 is 1.68 bits per heavy atom. The molecule has 0 bridgehead atoms. The lowest BCUT2D eigenvalue weighted by molar-refractivity contribution is 0.248. The molecular weight excluding hydrogens is 378 g/mol. The van der Waals surface area contributed by atoms with Crippen LogP contribution in [0.1, 0.15) is 18.4 Å². The van der Waals surface area contributed by atoms with Crippen molar-refractivity contribution in [3.8, 4) is 0 Å². The average Bonchev–Trinajstić information content (AvgIpc) is 3.46. The highest BCUT2D eigenvalue weighted by Gasteiger charge is 2.26. The highest BCUT2D eigenvalue weighted by Crippen LogP contribution is 2.30. The first-order valence-electron chi connectivity index (χ1n) is 9.04. The van der Waals surface area contributed by atoms with E-state index < -0.39 is 0 Å². The molecular formula is C19H24BrN5. The van der Waals surface area contributed by atoms with Gasteiger partial charge >= 0.3 is 0 Å². The van der Waals surface area contributed by atoms with Gasteiger partial charge in [0.1, 0.15) is 0 Å². The Hall–Kier alpha value is -1.66. The molecule has 0 spiro atoms. The van der Waals surface area contributed by atoms with E-state index >= 15 is 0 Å². The van der Waals surface area contributed by atoms with Gasteiger partial charge < -0.3 is 10.2 Å². The molecule has 4 rings (SSSR count). The lowest BCUT2D eigenvalue weighted by Crippen LogP contribution is -2.47. The summed E-state index contributed by atoms with van der Waals surface area (Å²) in [7, 11) is 0. The number of nitrogens with zero attached hydrogens (tertiary/aromatic N) is 4. The number of benzene rings is 1. The minimum absolute atomic E-state index is 0.652. The van der Waals surface area contributed by atoms with E-state index in [0.717, 1.165) is 30.0 Å². The molecule has 0 radical (unpaired) electrons. The number of rotatable bonds is 6. The van der Waals surface area contributed by atoms with Crippen molar-refractivity contribution in [3.05, 3.63) is 46.7 Å². The number of hydrogen-bond donors (Lipinski definition) is 1. The number of piperazine rings is 1. The molecule has 1 aromatic heterocycles. The van der Waals surface area contributed by atoms with Gasteiger partial charge in [0.05, 0.1) is 4.47 Å². The Morgan fingerprint density at radius 1 is 1.00 bits per heavy atom. The number of aromatic nitrogens is 2. The summed E-state index contributed by atoms with van der Waals surface area (Å²) in [6.45, 7) is 6.71. The molecule has 1 saturated heterocycles. The number of halogens is 1. The third-order valence-corrected chi connectivity index (χ3v) is 5.37. The summed E-state index contributed by atoms with van der Waals surface area (Å²) in [4.78, 5) is 13.6. The van der Waals surface area contributed by atoms with E-state index in [-0.39, 0.29) is 0 Å². The quantitative estimate of drug-likeness (QED) is 0.803. The molecule has 2 aliphatic rings.